The van der Waals surface area contributed by atoms with Gasteiger partial charge in [0, 0.05) is 52.4 Å². The normalized spacial score (nSPS) is 23.5. The molecule has 6 nitrogen and oxygen atoms in total. The van der Waals surface area contributed by atoms with Crippen molar-refractivity contribution in [3.05, 3.63) is 95.1 Å². The van der Waals surface area contributed by atoms with E-state index in [1.807, 2.05) is 30.5 Å². The summed E-state index contributed by atoms with van der Waals surface area (Å²) in [6, 6.07) is 24.1. The lowest BCUT2D eigenvalue weighted by Gasteiger charge is -2.48. The summed E-state index contributed by atoms with van der Waals surface area (Å²) < 4.78 is 6.30. The zero-order valence-electron chi connectivity index (χ0n) is 22.1. The van der Waals surface area contributed by atoms with E-state index in [1.165, 1.54) is 11.1 Å². The maximum Gasteiger partial charge on any atom is 0.329 e. The SMILES string of the molecule is C[C@@H](COc1cccc2[nH]ccc12)CN1Cc2ccccc2C12CCC(Nc1cccc(Cl)c1)(C(=O)O)CC2. The number of nitrogens with one attached hydrogen (secondary N) is 2. The Hall–Kier alpha value is -3.48. The van der Waals surface area contributed by atoms with E-state index < -0.39 is 11.5 Å². The fraction of sp³-hybridized carbons (Fsp3) is 0.344. The number of benzene rings is 3. The van der Waals surface area contributed by atoms with E-state index in [0.29, 0.717) is 30.4 Å². The molecule has 1 aliphatic heterocycles. The quantitative estimate of drug-likeness (QED) is 0.222. The van der Waals surface area contributed by atoms with Gasteiger partial charge in [0.2, 0.25) is 0 Å². The molecular formula is C32H34ClN3O3. The van der Waals surface area contributed by atoms with Gasteiger partial charge >= 0.3 is 5.97 Å². The summed E-state index contributed by atoms with van der Waals surface area (Å²) in [6.45, 7) is 4.59. The van der Waals surface area contributed by atoms with Crippen molar-refractivity contribution in [3.8, 4) is 5.75 Å². The first-order valence-corrected chi connectivity index (χ1v) is 14.1. The van der Waals surface area contributed by atoms with Crippen molar-refractivity contribution in [3.63, 3.8) is 0 Å². The Morgan fingerprint density at radius 2 is 1.87 bits per heavy atom. The van der Waals surface area contributed by atoms with Crippen molar-refractivity contribution in [2.75, 3.05) is 18.5 Å². The molecule has 2 heterocycles. The second-order valence-electron chi connectivity index (χ2n) is 11.2. The van der Waals surface area contributed by atoms with Crippen LogP contribution in [0.2, 0.25) is 5.02 Å². The summed E-state index contributed by atoms with van der Waals surface area (Å²) in [5.41, 5.74) is 3.30. The number of carboxylic acid groups (broad SMARTS) is 1. The van der Waals surface area contributed by atoms with Gasteiger partial charge in [-0.05, 0) is 73.2 Å². The second-order valence-corrected chi connectivity index (χ2v) is 11.6. The van der Waals surface area contributed by atoms with Crippen LogP contribution in [0.1, 0.15) is 43.7 Å². The van der Waals surface area contributed by atoms with Gasteiger partial charge in [-0.25, -0.2) is 4.79 Å². The summed E-state index contributed by atoms with van der Waals surface area (Å²) in [5, 5.41) is 15.4. The molecule has 1 aromatic heterocycles. The largest absolute Gasteiger partial charge is 0.493 e. The molecule has 7 heteroatoms. The molecule has 1 fully saturated rings. The maximum atomic E-state index is 12.6. The number of rotatable bonds is 8. The Balaban J connectivity index is 1.20. The van der Waals surface area contributed by atoms with Crippen molar-refractivity contribution in [1.82, 2.24) is 9.88 Å². The predicted octanol–water partition coefficient (Wildman–Crippen LogP) is 7.06. The minimum absolute atomic E-state index is 0.180. The van der Waals surface area contributed by atoms with Crippen molar-refractivity contribution < 1.29 is 14.6 Å². The number of carbonyl (C=O) groups is 1. The Kier molecular flexibility index (Phi) is 6.77. The van der Waals surface area contributed by atoms with Gasteiger partial charge in [0.25, 0.3) is 0 Å². The molecule has 0 radical (unpaired) electrons. The van der Waals surface area contributed by atoms with Crippen LogP contribution in [0.4, 0.5) is 5.69 Å². The monoisotopic (exact) mass is 543 g/mol. The van der Waals surface area contributed by atoms with Gasteiger partial charge in [-0.15, -0.1) is 0 Å². The number of anilines is 1. The van der Waals surface area contributed by atoms with Crippen LogP contribution in [-0.2, 0) is 16.9 Å². The highest BCUT2D eigenvalue weighted by Crippen LogP contribution is 2.51. The van der Waals surface area contributed by atoms with Crippen LogP contribution < -0.4 is 10.1 Å². The Labute approximate surface area is 233 Å². The van der Waals surface area contributed by atoms with E-state index in [2.05, 4.69) is 58.5 Å². The fourth-order valence-corrected chi connectivity index (χ4v) is 6.82. The number of H-pyrrole nitrogens is 1. The third-order valence-electron chi connectivity index (χ3n) is 8.64. The fourth-order valence-electron chi connectivity index (χ4n) is 6.63. The number of nitrogens with zero attached hydrogens (tertiary/aromatic N) is 1. The molecule has 1 aliphatic carbocycles. The Morgan fingerprint density at radius 3 is 2.67 bits per heavy atom. The van der Waals surface area contributed by atoms with E-state index in [4.69, 9.17) is 16.3 Å². The average Bonchev–Trinajstić information content (AvgIpc) is 3.52. The smallest absolute Gasteiger partial charge is 0.329 e. The van der Waals surface area contributed by atoms with Crippen LogP contribution >= 0.6 is 11.6 Å². The highest BCUT2D eigenvalue weighted by Gasteiger charge is 2.53. The summed E-state index contributed by atoms with van der Waals surface area (Å²) in [7, 11) is 0. The molecule has 1 spiro atoms. The standard InChI is InChI=1S/C32H34ClN3O3/c1-22(21-39-29-11-5-10-28-26(29)12-17-34-28)19-36-20-23-6-2-3-9-27(23)32(36)15-13-31(14-16-32,30(37)38)35-25-8-4-7-24(33)18-25/h2-12,17-18,22,34-35H,13-16,19-21H2,1H3,(H,37,38)/t22-,31?,32?/m1/s1. The van der Waals surface area contributed by atoms with Crippen LogP contribution in [0.25, 0.3) is 10.9 Å². The number of halogens is 1. The number of fused-ring (bicyclic) bond motifs is 3. The molecule has 202 valence electrons. The number of hydrogen-bond donors (Lipinski definition) is 3. The first kappa shape index (κ1) is 25.8. The molecule has 39 heavy (non-hydrogen) atoms. The molecule has 0 saturated heterocycles. The minimum atomic E-state index is -1.02. The van der Waals surface area contributed by atoms with E-state index in [9.17, 15) is 9.90 Å². The van der Waals surface area contributed by atoms with Gasteiger partial charge in [0.15, 0.2) is 0 Å². The summed E-state index contributed by atoms with van der Waals surface area (Å²) in [6.07, 6.45) is 4.52. The van der Waals surface area contributed by atoms with Crippen LogP contribution in [0, 0.1) is 5.92 Å². The molecule has 6 rings (SSSR count). The van der Waals surface area contributed by atoms with Gasteiger partial charge < -0.3 is 20.1 Å². The van der Waals surface area contributed by atoms with Gasteiger partial charge in [0.05, 0.1) is 6.61 Å². The summed E-state index contributed by atoms with van der Waals surface area (Å²) >= 11 is 6.19. The van der Waals surface area contributed by atoms with E-state index in [0.717, 1.165) is 48.3 Å². The zero-order valence-corrected chi connectivity index (χ0v) is 22.9. The molecule has 1 saturated carbocycles. The topological polar surface area (TPSA) is 77.6 Å². The molecule has 3 N–H and O–H groups in total. The molecule has 0 unspecified atom stereocenters. The van der Waals surface area contributed by atoms with Gasteiger partial charge in [-0.3, -0.25) is 4.90 Å². The predicted molar refractivity (Wildman–Crippen MR) is 155 cm³/mol. The first-order valence-electron chi connectivity index (χ1n) is 13.7. The molecule has 4 aromatic rings. The molecule has 2 aliphatic rings. The van der Waals surface area contributed by atoms with Crippen molar-refractivity contribution in [2.24, 2.45) is 5.92 Å². The summed E-state index contributed by atoms with van der Waals surface area (Å²) in [4.78, 5) is 18.5. The second kappa shape index (κ2) is 10.2. The molecule has 3 aromatic carbocycles. The first-order chi connectivity index (χ1) is 18.9. The van der Waals surface area contributed by atoms with Crippen LogP contribution in [-0.4, -0.2) is 39.7 Å². The van der Waals surface area contributed by atoms with Crippen molar-refractivity contribution >= 4 is 34.2 Å². The summed E-state index contributed by atoms with van der Waals surface area (Å²) in [5.74, 6) is 0.382. The number of ether oxygens (including phenoxy) is 1. The highest BCUT2D eigenvalue weighted by molar-refractivity contribution is 6.30. The van der Waals surface area contributed by atoms with Crippen LogP contribution in [0.15, 0.2) is 79.0 Å². The minimum Gasteiger partial charge on any atom is -0.493 e. The molecule has 0 amide bonds. The van der Waals surface area contributed by atoms with E-state index in [-0.39, 0.29) is 5.54 Å². The number of hydrogen-bond acceptors (Lipinski definition) is 4. The van der Waals surface area contributed by atoms with Gasteiger partial charge in [-0.1, -0.05) is 54.9 Å². The molecular weight excluding hydrogens is 510 g/mol. The average molecular weight is 544 g/mol. The number of aromatic amines is 1. The highest BCUT2D eigenvalue weighted by atomic mass is 35.5. The number of aromatic nitrogens is 1. The van der Waals surface area contributed by atoms with Crippen LogP contribution in [0.5, 0.6) is 5.75 Å². The third kappa shape index (κ3) is 4.77. The molecule has 0 bridgehead atoms. The lowest BCUT2D eigenvalue weighted by Crippen LogP contribution is -2.55. The van der Waals surface area contributed by atoms with Crippen LogP contribution in [0.3, 0.4) is 0 Å². The Bertz CT molecular complexity index is 1490. The zero-order chi connectivity index (χ0) is 27.0. The van der Waals surface area contributed by atoms with Gasteiger partial charge in [-0.2, -0.15) is 0 Å². The number of aliphatic carboxylic acids is 1. The van der Waals surface area contributed by atoms with Crippen molar-refractivity contribution in [2.45, 2.75) is 50.2 Å². The Morgan fingerprint density at radius 1 is 1.08 bits per heavy atom. The molecule has 1 atom stereocenters. The number of carboxylic acids is 1. The van der Waals surface area contributed by atoms with E-state index >= 15 is 0 Å². The van der Waals surface area contributed by atoms with Gasteiger partial charge in [0.1, 0.15) is 11.3 Å². The van der Waals surface area contributed by atoms with Crippen molar-refractivity contribution in [1.29, 1.82) is 0 Å². The third-order valence-corrected chi connectivity index (χ3v) is 8.88. The maximum absolute atomic E-state index is 12.6. The van der Waals surface area contributed by atoms with E-state index in [1.54, 1.807) is 12.1 Å². The lowest BCUT2D eigenvalue weighted by molar-refractivity contribution is -0.145. The lowest BCUT2D eigenvalue weighted by atomic mass is 9.69.